The molecular formula is C26H24N2O6. The van der Waals surface area contributed by atoms with Gasteiger partial charge in [0.15, 0.2) is 11.5 Å². The number of hydrogen-bond acceptors (Lipinski definition) is 7. The van der Waals surface area contributed by atoms with Crippen molar-refractivity contribution >= 4 is 17.4 Å². The largest absolute Gasteiger partial charge is 0.507 e. The van der Waals surface area contributed by atoms with Crippen molar-refractivity contribution in [1.82, 2.24) is 9.88 Å². The number of rotatable bonds is 7. The Kier molecular flexibility index (Phi) is 6.49. The lowest BCUT2D eigenvalue weighted by Gasteiger charge is -2.26. The Morgan fingerprint density at radius 1 is 1.06 bits per heavy atom. The summed E-state index contributed by atoms with van der Waals surface area (Å²) in [5.74, 6) is -0.999. The average Bonchev–Trinajstić information content (AvgIpc) is 3.11. The van der Waals surface area contributed by atoms with Gasteiger partial charge < -0.3 is 24.6 Å². The Bertz CT molecular complexity index is 1240. The summed E-state index contributed by atoms with van der Waals surface area (Å²) >= 11 is 0. The smallest absolute Gasteiger partial charge is 0.295 e. The first-order chi connectivity index (χ1) is 16.4. The first kappa shape index (κ1) is 22.8. The van der Waals surface area contributed by atoms with Crippen LogP contribution in [0.2, 0.25) is 0 Å². The Morgan fingerprint density at radius 3 is 2.41 bits per heavy atom. The van der Waals surface area contributed by atoms with Crippen LogP contribution in [-0.4, -0.2) is 45.5 Å². The monoisotopic (exact) mass is 460 g/mol. The molecule has 2 heterocycles. The number of Topliss-reactive ketones (excluding diaryl/α,β-unsaturated/α-hetero) is 1. The van der Waals surface area contributed by atoms with Gasteiger partial charge in [0.05, 0.1) is 25.3 Å². The van der Waals surface area contributed by atoms with Crippen LogP contribution in [0.15, 0.2) is 72.6 Å². The summed E-state index contributed by atoms with van der Waals surface area (Å²) in [6.45, 7) is 2.22. The van der Waals surface area contributed by atoms with Crippen molar-refractivity contribution in [2.45, 2.75) is 19.5 Å². The summed E-state index contributed by atoms with van der Waals surface area (Å²) in [6, 6.07) is 14.0. The van der Waals surface area contributed by atoms with E-state index in [-0.39, 0.29) is 29.4 Å². The third-order valence-electron chi connectivity index (χ3n) is 5.61. The molecule has 1 saturated heterocycles. The van der Waals surface area contributed by atoms with E-state index in [9.17, 15) is 19.8 Å². The molecule has 4 rings (SSSR count). The zero-order valence-corrected chi connectivity index (χ0v) is 18.8. The number of phenols is 1. The molecule has 0 bridgehead atoms. The van der Waals surface area contributed by atoms with Gasteiger partial charge >= 0.3 is 0 Å². The Balaban J connectivity index is 1.85. The molecule has 1 aromatic heterocycles. The number of aromatic nitrogens is 1. The Hall–Kier alpha value is -4.33. The number of ether oxygens (including phenoxy) is 2. The highest BCUT2D eigenvalue weighted by Crippen LogP contribution is 2.42. The number of phenolic OH excluding ortho intramolecular Hbond substituents is 1. The van der Waals surface area contributed by atoms with E-state index in [0.717, 1.165) is 5.56 Å². The lowest BCUT2D eigenvalue weighted by atomic mass is 9.95. The molecule has 0 radical (unpaired) electrons. The number of carbonyl (C=O) groups excluding carboxylic acids is 2. The number of hydrogen-bond donors (Lipinski definition) is 2. The minimum atomic E-state index is -0.893. The van der Waals surface area contributed by atoms with E-state index in [1.165, 1.54) is 23.4 Å². The number of benzene rings is 2. The molecule has 8 nitrogen and oxygen atoms in total. The molecule has 0 aliphatic carbocycles. The number of amides is 1. The highest BCUT2D eigenvalue weighted by molar-refractivity contribution is 6.46. The molecule has 34 heavy (non-hydrogen) atoms. The molecule has 2 N–H and O–H groups in total. The molecule has 8 heteroatoms. The van der Waals surface area contributed by atoms with E-state index < -0.39 is 17.7 Å². The summed E-state index contributed by atoms with van der Waals surface area (Å²) < 4.78 is 10.7. The number of aliphatic hydroxyl groups excluding tert-OH is 1. The standard InChI is InChI=1S/C26H24N2O6/c1-3-34-21-14-18(6-9-20(21)29)23-22(24(30)17-10-12-27-13-11-17)25(31)26(32)28(23)15-16-4-7-19(33-2)8-5-16/h4-14,23,29-30H,3,15H2,1-2H3/b24-22-. The lowest BCUT2D eigenvalue weighted by Crippen LogP contribution is -2.29. The second-order valence-corrected chi connectivity index (χ2v) is 7.67. The Morgan fingerprint density at radius 2 is 1.76 bits per heavy atom. The topological polar surface area (TPSA) is 109 Å². The predicted molar refractivity (Wildman–Crippen MR) is 124 cm³/mol. The van der Waals surface area contributed by atoms with Crippen molar-refractivity contribution in [2.24, 2.45) is 0 Å². The fourth-order valence-electron chi connectivity index (χ4n) is 3.95. The van der Waals surface area contributed by atoms with E-state index >= 15 is 0 Å². The van der Waals surface area contributed by atoms with Crippen LogP contribution in [0.25, 0.3) is 5.76 Å². The van der Waals surface area contributed by atoms with Gasteiger partial charge in [-0.2, -0.15) is 0 Å². The number of nitrogens with zero attached hydrogens (tertiary/aromatic N) is 2. The number of aromatic hydroxyl groups is 1. The molecule has 1 amide bonds. The molecule has 3 aromatic rings. The minimum Gasteiger partial charge on any atom is -0.507 e. The third kappa shape index (κ3) is 4.30. The molecule has 0 spiro atoms. The summed E-state index contributed by atoms with van der Waals surface area (Å²) in [4.78, 5) is 31.7. The first-order valence-corrected chi connectivity index (χ1v) is 10.7. The van der Waals surface area contributed by atoms with Crippen LogP contribution >= 0.6 is 0 Å². The summed E-state index contributed by atoms with van der Waals surface area (Å²) in [6.07, 6.45) is 2.98. The van der Waals surface area contributed by atoms with Crippen molar-refractivity contribution in [1.29, 1.82) is 0 Å². The van der Waals surface area contributed by atoms with Crippen LogP contribution in [0.1, 0.15) is 29.7 Å². The van der Waals surface area contributed by atoms with Gasteiger partial charge in [0.2, 0.25) is 0 Å². The van der Waals surface area contributed by atoms with E-state index in [2.05, 4.69) is 4.98 Å². The fourth-order valence-corrected chi connectivity index (χ4v) is 3.95. The molecule has 1 aliphatic rings. The molecule has 0 saturated carbocycles. The SMILES string of the molecule is CCOc1cc(C2/C(=C(/O)c3ccncc3)C(=O)C(=O)N2Cc2ccc(OC)cc2)ccc1O. The summed E-state index contributed by atoms with van der Waals surface area (Å²) in [5.41, 5.74) is 1.62. The van der Waals surface area contributed by atoms with E-state index in [1.54, 1.807) is 62.6 Å². The van der Waals surface area contributed by atoms with Crippen molar-refractivity contribution < 1.29 is 29.3 Å². The molecule has 2 aromatic carbocycles. The van der Waals surface area contributed by atoms with Gasteiger partial charge in [0.25, 0.3) is 11.7 Å². The number of likely N-dealkylation sites (tertiary alicyclic amines) is 1. The average molecular weight is 460 g/mol. The second kappa shape index (κ2) is 9.66. The maximum atomic E-state index is 13.2. The van der Waals surface area contributed by atoms with Crippen molar-refractivity contribution in [3.8, 4) is 17.2 Å². The molecule has 1 aliphatic heterocycles. The quantitative estimate of drug-likeness (QED) is 0.313. The minimum absolute atomic E-state index is 0.0437. The lowest BCUT2D eigenvalue weighted by molar-refractivity contribution is -0.140. The molecule has 1 unspecified atom stereocenters. The number of methoxy groups -OCH3 is 1. The summed E-state index contributed by atoms with van der Waals surface area (Å²) in [5, 5.41) is 21.2. The first-order valence-electron chi connectivity index (χ1n) is 10.7. The van der Waals surface area contributed by atoms with Crippen LogP contribution in [0.4, 0.5) is 0 Å². The predicted octanol–water partition coefficient (Wildman–Crippen LogP) is 3.82. The van der Waals surface area contributed by atoms with Gasteiger partial charge in [0, 0.05) is 24.5 Å². The third-order valence-corrected chi connectivity index (χ3v) is 5.61. The normalized spacial score (nSPS) is 17.1. The zero-order valence-electron chi connectivity index (χ0n) is 18.8. The Labute approximate surface area is 196 Å². The maximum Gasteiger partial charge on any atom is 0.295 e. The van der Waals surface area contributed by atoms with E-state index in [1.807, 2.05) is 0 Å². The van der Waals surface area contributed by atoms with Gasteiger partial charge in [0.1, 0.15) is 11.5 Å². The van der Waals surface area contributed by atoms with Crippen LogP contribution in [0.3, 0.4) is 0 Å². The van der Waals surface area contributed by atoms with Crippen LogP contribution in [-0.2, 0) is 16.1 Å². The van der Waals surface area contributed by atoms with Crippen molar-refractivity contribution in [3.63, 3.8) is 0 Å². The summed E-state index contributed by atoms with van der Waals surface area (Å²) in [7, 11) is 1.56. The van der Waals surface area contributed by atoms with Crippen LogP contribution in [0.5, 0.6) is 17.2 Å². The van der Waals surface area contributed by atoms with Gasteiger partial charge in [-0.25, -0.2) is 0 Å². The van der Waals surface area contributed by atoms with Crippen molar-refractivity contribution in [2.75, 3.05) is 13.7 Å². The highest BCUT2D eigenvalue weighted by Gasteiger charge is 2.46. The fraction of sp³-hybridized carbons (Fsp3) is 0.192. The van der Waals surface area contributed by atoms with Crippen molar-refractivity contribution in [3.05, 3.63) is 89.3 Å². The van der Waals surface area contributed by atoms with Crippen LogP contribution < -0.4 is 9.47 Å². The molecule has 1 fully saturated rings. The molecular weight excluding hydrogens is 436 g/mol. The van der Waals surface area contributed by atoms with Crippen LogP contribution in [0, 0.1) is 0 Å². The highest BCUT2D eigenvalue weighted by atomic mass is 16.5. The number of pyridine rings is 1. The maximum absolute atomic E-state index is 13.2. The number of carbonyl (C=O) groups is 2. The van der Waals surface area contributed by atoms with Gasteiger partial charge in [-0.15, -0.1) is 0 Å². The van der Waals surface area contributed by atoms with E-state index in [0.29, 0.717) is 23.5 Å². The number of aliphatic hydroxyl groups is 1. The number of ketones is 1. The molecule has 1 atom stereocenters. The van der Waals surface area contributed by atoms with Gasteiger partial charge in [-0.05, 0) is 54.4 Å². The van der Waals surface area contributed by atoms with E-state index in [4.69, 9.17) is 9.47 Å². The van der Waals surface area contributed by atoms with Gasteiger partial charge in [-0.1, -0.05) is 18.2 Å². The molecule has 174 valence electrons. The van der Waals surface area contributed by atoms with Gasteiger partial charge in [-0.3, -0.25) is 14.6 Å². The zero-order chi connectivity index (χ0) is 24.2. The second-order valence-electron chi connectivity index (χ2n) is 7.67.